The van der Waals surface area contributed by atoms with Gasteiger partial charge >= 0.3 is 12.1 Å². The molecule has 0 saturated heterocycles. The molecule has 0 aromatic heterocycles. The fourth-order valence-corrected chi connectivity index (χ4v) is 3.89. The summed E-state index contributed by atoms with van der Waals surface area (Å²) in [5.74, 6) is -1.90. The molecule has 0 spiro atoms. The fourth-order valence-electron chi connectivity index (χ4n) is 3.89. The summed E-state index contributed by atoms with van der Waals surface area (Å²) in [6.07, 6.45) is 0.00817. The molecule has 32 heavy (non-hydrogen) atoms. The van der Waals surface area contributed by atoms with Crippen molar-refractivity contribution in [3.05, 3.63) is 59.7 Å². The van der Waals surface area contributed by atoms with Crippen LogP contribution < -0.4 is 10.6 Å². The van der Waals surface area contributed by atoms with Gasteiger partial charge in [-0.25, -0.2) is 4.79 Å². The molecule has 3 rings (SSSR count). The highest BCUT2D eigenvalue weighted by Gasteiger charge is 2.35. The third kappa shape index (κ3) is 4.93. The van der Waals surface area contributed by atoms with Gasteiger partial charge in [0.25, 0.3) is 0 Å². The van der Waals surface area contributed by atoms with Crippen molar-refractivity contribution in [2.45, 2.75) is 45.1 Å². The van der Waals surface area contributed by atoms with Crippen LogP contribution in [0, 0.1) is 5.92 Å². The second kappa shape index (κ2) is 9.85. The number of rotatable bonds is 9. The van der Waals surface area contributed by atoms with E-state index in [1.54, 1.807) is 20.8 Å². The Hall–Kier alpha value is -3.35. The first kappa shape index (κ1) is 23.3. The van der Waals surface area contributed by atoms with Crippen molar-refractivity contribution in [2.24, 2.45) is 5.92 Å². The van der Waals surface area contributed by atoms with Crippen LogP contribution in [0.3, 0.4) is 0 Å². The normalized spacial score (nSPS) is 15.1. The second-order valence-corrected chi connectivity index (χ2v) is 8.42. The first-order valence-corrected chi connectivity index (χ1v) is 10.9. The Kier molecular flexibility index (Phi) is 7.18. The van der Waals surface area contributed by atoms with Gasteiger partial charge in [-0.3, -0.25) is 9.59 Å². The number of fused-ring (bicyclic) bond motifs is 3. The molecule has 7 nitrogen and oxygen atoms in total. The van der Waals surface area contributed by atoms with E-state index < -0.39 is 23.5 Å². The van der Waals surface area contributed by atoms with Gasteiger partial charge in [-0.2, -0.15) is 0 Å². The summed E-state index contributed by atoms with van der Waals surface area (Å²) in [5.41, 5.74) is 3.36. The third-order valence-corrected chi connectivity index (χ3v) is 6.21. The molecule has 0 bridgehead atoms. The van der Waals surface area contributed by atoms with Crippen molar-refractivity contribution < 1.29 is 24.2 Å². The molecule has 2 atom stereocenters. The van der Waals surface area contributed by atoms with Crippen LogP contribution in [0.5, 0.6) is 0 Å². The molecule has 2 amide bonds. The molecule has 170 valence electrons. The molecule has 0 heterocycles. The van der Waals surface area contributed by atoms with Crippen LogP contribution >= 0.6 is 0 Å². The lowest BCUT2D eigenvalue weighted by molar-refractivity contribution is -0.141. The Balaban J connectivity index is 1.60. The Labute approximate surface area is 188 Å². The smallest absolute Gasteiger partial charge is 0.408 e. The van der Waals surface area contributed by atoms with E-state index in [2.05, 4.69) is 22.8 Å². The topological polar surface area (TPSA) is 105 Å². The van der Waals surface area contributed by atoms with E-state index in [1.807, 2.05) is 36.4 Å². The molecule has 0 aliphatic heterocycles. The summed E-state index contributed by atoms with van der Waals surface area (Å²) >= 11 is 0. The molecule has 7 heteroatoms. The number of hydrogen-bond acceptors (Lipinski definition) is 4. The molecule has 1 aliphatic rings. The third-order valence-electron chi connectivity index (χ3n) is 6.21. The molecular weight excluding hydrogens is 408 g/mol. The number of nitrogens with one attached hydrogen (secondary N) is 2. The van der Waals surface area contributed by atoms with Crippen LogP contribution in [0.4, 0.5) is 4.79 Å². The second-order valence-electron chi connectivity index (χ2n) is 8.42. The fraction of sp³-hybridized carbons (Fsp3) is 0.400. The van der Waals surface area contributed by atoms with Gasteiger partial charge in [0.1, 0.15) is 12.1 Å². The Morgan fingerprint density at radius 3 is 2.16 bits per heavy atom. The average Bonchev–Trinajstić information content (AvgIpc) is 3.11. The zero-order valence-electron chi connectivity index (χ0n) is 18.7. The first-order valence-electron chi connectivity index (χ1n) is 10.9. The van der Waals surface area contributed by atoms with Crippen molar-refractivity contribution in [1.82, 2.24) is 10.6 Å². The maximum atomic E-state index is 12.6. The molecule has 0 saturated carbocycles. The summed E-state index contributed by atoms with van der Waals surface area (Å²) in [6.45, 7) is 5.39. The van der Waals surface area contributed by atoms with Gasteiger partial charge in [0.15, 0.2) is 0 Å². The molecular formula is C25H30N2O5. The quantitative estimate of drug-likeness (QED) is 0.550. The average molecular weight is 439 g/mol. The molecule has 2 aromatic carbocycles. The molecule has 1 aliphatic carbocycles. The minimum absolute atomic E-state index is 0.0626. The number of ether oxygens (including phenoxy) is 1. The van der Waals surface area contributed by atoms with E-state index in [0.29, 0.717) is 12.8 Å². The van der Waals surface area contributed by atoms with Crippen molar-refractivity contribution >= 4 is 18.0 Å². The van der Waals surface area contributed by atoms with E-state index in [9.17, 15) is 14.4 Å². The molecule has 2 aromatic rings. The monoisotopic (exact) mass is 438 g/mol. The molecule has 0 radical (unpaired) electrons. The minimum atomic E-state index is -1.16. The largest absolute Gasteiger partial charge is 0.481 e. The summed E-state index contributed by atoms with van der Waals surface area (Å²) in [7, 11) is 0. The van der Waals surface area contributed by atoms with Crippen LogP contribution in [0.2, 0.25) is 0 Å². The number of carboxylic acids is 1. The van der Waals surface area contributed by atoms with Crippen LogP contribution in [0.1, 0.15) is 50.7 Å². The molecule has 2 unspecified atom stereocenters. The van der Waals surface area contributed by atoms with Crippen LogP contribution in [-0.4, -0.2) is 41.8 Å². The number of benzene rings is 2. The first-order chi connectivity index (χ1) is 15.3. The van der Waals surface area contributed by atoms with E-state index in [-0.39, 0.29) is 25.0 Å². The number of alkyl carbamates (subject to hydrolysis) is 1. The molecule has 3 N–H and O–H groups in total. The lowest BCUT2D eigenvalue weighted by Gasteiger charge is -2.28. The lowest BCUT2D eigenvalue weighted by Crippen LogP contribution is -2.56. The zero-order valence-corrected chi connectivity index (χ0v) is 18.7. The zero-order chi connectivity index (χ0) is 23.3. The standard InChI is InChI=1S/C25H30N2O5/c1-4-25(3,23(30)26-14-13-16(2)22(28)29)27-24(31)32-15-21-19-11-7-5-9-17(19)18-10-6-8-12-20(18)21/h5-12,16,21H,4,13-15H2,1-3H3,(H,26,30)(H,27,31)(H,28,29). The van der Waals surface area contributed by atoms with Crippen molar-refractivity contribution in [2.75, 3.05) is 13.2 Å². The van der Waals surface area contributed by atoms with Crippen LogP contribution in [0.25, 0.3) is 11.1 Å². The highest BCUT2D eigenvalue weighted by Crippen LogP contribution is 2.44. The minimum Gasteiger partial charge on any atom is -0.481 e. The van der Waals surface area contributed by atoms with E-state index >= 15 is 0 Å². The van der Waals surface area contributed by atoms with Gasteiger partial charge in [-0.1, -0.05) is 62.4 Å². The van der Waals surface area contributed by atoms with Gasteiger partial charge < -0.3 is 20.5 Å². The highest BCUT2D eigenvalue weighted by molar-refractivity contribution is 5.89. The number of carbonyl (C=O) groups is 3. The number of hydrogen-bond donors (Lipinski definition) is 3. The van der Waals surface area contributed by atoms with Gasteiger partial charge in [0.05, 0.1) is 5.92 Å². The predicted molar refractivity (Wildman–Crippen MR) is 121 cm³/mol. The van der Waals surface area contributed by atoms with Crippen LogP contribution in [0.15, 0.2) is 48.5 Å². The van der Waals surface area contributed by atoms with Crippen molar-refractivity contribution in [3.8, 4) is 11.1 Å². The summed E-state index contributed by atoms with van der Waals surface area (Å²) in [4.78, 5) is 36.1. The molecule has 0 fully saturated rings. The number of amides is 2. The predicted octanol–water partition coefficient (Wildman–Crippen LogP) is 3.92. The van der Waals surface area contributed by atoms with Crippen molar-refractivity contribution in [1.29, 1.82) is 0 Å². The van der Waals surface area contributed by atoms with Gasteiger partial charge in [0, 0.05) is 12.5 Å². The number of carbonyl (C=O) groups excluding carboxylic acids is 2. The van der Waals surface area contributed by atoms with Gasteiger partial charge in [-0.05, 0) is 42.0 Å². The summed E-state index contributed by atoms with van der Waals surface area (Å²) in [6, 6.07) is 16.2. The van der Waals surface area contributed by atoms with Gasteiger partial charge in [0.2, 0.25) is 5.91 Å². The summed E-state index contributed by atoms with van der Waals surface area (Å²) in [5, 5.41) is 14.4. The van der Waals surface area contributed by atoms with Crippen LogP contribution in [-0.2, 0) is 14.3 Å². The summed E-state index contributed by atoms with van der Waals surface area (Å²) < 4.78 is 5.55. The number of carboxylic acid groups (broad SMARTS) is 1. The maximum absolute atomic E-state index is 12.6. The Bertz CT molecular complexity index is 960. The Morgan fingerprint density at radius 1 is 1.06 bits per heavy atom. The maximum Gasteiger partial charge on any atom is 0.408 e. The number of aliphatic carboxylic acids is 1. The van der Waals surface area contributed by atoms with E-state index in [4.69, 9.17) is 9.84 Å². The SMILES string of the molecule is CCC(C)(NC(=O)OCC1c2ccccc2-c2ccccc21)C(=O)NCCC(C)C(=O)O. The lowest BCUT2D eigenvalue weighted by atomic mass is 9.97. The Morgan fingerprint density at radius 2 is 1.62 bits per heavy atom. The van der Waals surface area contributed by atoms with Crippen molar-refractivity contribution in [3.63, 3.8) is 0 Å². The van der Waals surface area contributed by atoms with Gasteiger partial charge in [-0.15, -0.1) is 0 Å². The highest BCUT2D eigenvalue weighted by atomic mass is 16.5. The van der Waals surface area contributed by atoms with E-state index in [0.717, 1.165) is 22.3 Å². The van der Waals surface area contributed by atoms with E-state index in [1.165, 1.54) is 0 Å².